The van der Waals surface area contributed by atoms with Gasteiger partial charge in [-0.1, -0.05) is 6.92 Å². The number of amides is 1. The zero-order valence-corrected chi connectivity index (χ0v) is 13.3. The number of ether oxygens (including phenoxy) is 1. The Hall–Kier alpha value is -2.05. The first-order valence-electron chi connectivity index (χ1n) is 7.97. The third kappa shape index (κ3) is 4.75. The highest BCUT2D eigenvalue weighted by Crippen LogP contribution is 2.17. The Morgan fingerprint density at radius 2 is 2.05 bits per heavy atom. The number of nitrogens with zero attached hydrogens (tertiary/aromatic N) is 3. The van der Waals surface area contributed by atoms with Gasteiger partial charge in [0.05, 0.1) is 6.61 Å². The van der Waals surface area contributed by atoms with Crippen molar-refractivity contribution >= 4 is 17.7 Å². The Bertz CT molecular complexity index is 475. The summed E-state index contributed by atoms with van der Waals surface area (Å²) in [6, 6.07) is 2.24. The number of carbonyl (C=O) groups excluding carboxylic acids is 1. The van der Waals surface area contributed by atoms with Gasteiger partial charge in [-0.25, -0.2) is 14.8 Å². The van der Waals surface area contributed by atoms with Crippen molar-refractivity contribution in [3.05, 3.63) is 12.4 Å². The van der Waals surface area contributed by atoms with E-state index in [0.29, 0.717) is 25.7 Å². The Morgan fingerprint density at radius 1 is 1.32 bits per heavy atom. The molecule has 0 bridgehead atoms. The second kappa shape index (κ2) is 8.41. The van der Waals surface area contributed by atoms with Gasteiger partial charge in [0.15, 0.2) is 0 Å². The van der Waals surface area contributed by atoms with Crippen LogP contribution >= 0.6 is 0 Å². The van der Waals surface area contributed by atoms with Crippen LogP contribution in [-0.2, 0) is 4.74 Å². The number of rotatable bonds is 6. The molecule has 0 radical (unpaired) electrons. The second-order valence-corrected chi connectivity index (χ2v) is 5.32. The zero-order valence-electron chi connectivity index (χ0n) is 13.3. The van der Waals surface area contributed by atoms with Crippen LogP contribution in [0.4, 0.5) is 16.4 Å². The van der Waals surface area contributed by atoms with Crippen molar-refractivity contribution in [1.29, 1.82) is 0 Å². The first kappa shape index (κ1) is 16.3. The van der Waals surface area contributed by atoms with Crippen LogP contribution in [0.1, 0.15) is 33.1 Å². The lowest BCUT2D eigenvalue weighted by molar-refractivity contribution is 0.0983. The van der Waals surface area contributed by atoms with Crippen LogP contribution in [0.3, 0.4) is 0 Å². The summed E-state index contributed by atoms with van der Waals surface area (Å²) in [5.74, 6) is 1.66. The molecule has 1 aliphatic heterocycles. The number of piperidine rings is 1. The summed E-state index contributed by atoms with van der Waals surface area (Å²) in [5, 5.41) is 6.67. The van der Waals surface area contributed by atoms with Crippen molar-refractivity contribution in [2.75, 3.05) is 36.9 Å². The number of aromatic nitrogens is 2. The van der Waals surface area contributed by atoms with E-state index in [-0.39, 0.29) is 6.09 Å². The molecule has 0 saturated carbocycles. The molecule has 22 heavy (non-hydrogen) atoms. The van der Waals surface area contributed by atoms with Gasteiger partial charge in [0, 0.05) is 31.7 Å². The summed E-state index contributed by atoms with van der Waals surface area (Å²) in [6.45, 7) is 6.68. The van der Waals surface area contributed by atoms with Gasteiger partial charge >= 0.3 is 6.09 Å². The van der Waals surface area contributed by atoms with Gasteiger partial charge in [-0.05, 0) is 26.2 Å². The molecule has 1 aromatic rings. The van der Waals surface area contributed by atoms with E-state index in [1.54, 1.807) is 11.2 Å². The van der Waals surface area contributed by atoms with E-state index in [1.165, 1.54) is 0 Å². The molecule has 0 aliphatic carbocycles. The molecule has 0 aromatic carbocycles. The van der Waals surface area contributed by atoms with Gasteiger partial charge in [-0.2, -0.15) is 0 Å². The molecule has 1 amide bonds. The minimum atomic E-state index is -0.214. The van der Waals surface area contributed by atoms with Gasteiger partial charge < -0.3 is 20.3 Å². The Labute approximate surface area is 131 Å². The number of nitrogens with one attached hydrogen (secondary N) is 2. The van der Waals surface area contributed by atoms with Crippen LogP contribution in [-0.4, -0.2) is 53.2 Å². The van der Waals surface area contributed by atoms with E-state index in [2.05, 4.69) is 27.5 Å². The van der Waals surface area contributed by atoms with Crippen molar-refractivity contribution < 1.29 is 9.53 Å². The lowest BCUT2D eigenvalue weighted by Crippen LogP contribution is -2.42. The zero-order chi connectivity index (χ0) is 15.8. The second-order valence-electron chi connectivity index (χ2n) is 5.32. The molecule has 1 fully saturated rings. The van der Waals surface area contributed by atoms with Crippen molar-refractivity contribution in [2.24, 2.45) is 0 Å². The molecule has 0 unspecified atom stereocenters. The van der Waals surface area contributed by atoms with Crippen molar-refractivity contribution in [3.8, 4) is 0 Å². The SMILES string of the molecule is CCCNc1cc(NC2CCN(C(=O)OCC)CC2)ncn1. The summed E-state index contributed by atoms with van der Waals surface area (Å²) in [6.07, 6.45) is 4.18. The molecule has 1 aliphatic rings. The first-order chi connectivity index (χ1) is 10.7. The molecule has 2 N–H and O–H groups in total. The summed E-state index contributed by atoms with van der Waals surface area (Å²) in [4.78, 5) is 21.9. The highest BCUT2D eigenvalue weighted by molar-refractivity contribution is 5.67. The van der Waals surface area contributed by atoms with Crippen LogP contribution in [0, 0.1) is 0 Å². The Balaban J connectivity index is 1.81. The summed E-state index contributed by atoms with van der Waals surface area (Å²) >= 11 is 0. The third-order valence-electron chi connectivity index (χ3n) is 3.60. The first-order valence-corrected chi connectivity index (χ1v) is 7.97. The lowest BCUT2D eigenvalue weighted by Gasteiger charge is -2.31. The number of carbonyl (C=O) groups is 1. The normalized spacial score (nSPS) is 15.5. The maximum Gasteiger partial charge on any atom is 0.409 e. The molecule has 1 aromatic heterocycles. The average molecular weight is 307 g/mol. The molecule has 0 spiro atoms. The fraction of sp³-hybridized carbons (Fsp3) is 0.667. The monoisotopic (exact) mass is 307 g/mol. The Morgan fingerprint density at radius 3 is 2.73 bits per heavy atom. The molecule has 7 heteroatoms. The third-order valence-corrected chi connectivity index (χ3v) is 3.60. The van der Waals surface area contributed by atoms with E-state index >= 15 is 0 Å². The molecular weight excluding hydrogens is 282 g/mol. The summed E-state index contributed by atoms with van der Waals surface area (Å²) < 4.78 is 5.03. The molecule has 122 valence electrons. The molecule has 7 nitrogen and oxygen atoms in total. The van der Waals surface area contributed by atoms with E-state index < -0.39 is 0 Å². The summed E-state index contributed by atoms with van der Waals surface area (Å²) in [7, 11) is 0. The smallest absolute Gasteiger partial charge is 0.409 e. The molecule has 1 saturated heterocycles. The van der Waals surface area contributed by atoms with Crippen LogP contribution in [0.25, 0.3) is 0 Å². The van der Waals surface area contributed by atoms with Crippen molar-refractivity contribution in [3.63, 3.8) is 0 Å². The number of hydrogen-bond donors (Lipinski definition) is 2. The molecule has 0 atom stereocenters. The van der Waals surface area contributed by atoms with E-state index in [4.69, 9.17) is 4.74 Å². The standard InChI is InChI=1S/C15H25N5O2/c1-3-7-16-13-10-14(18-11-17-13)19-12-5-8-20(9-6-12)15(21)22-4-2/h10-12H,3-9H2,1-2H3,(H2,16,17,18,19). The molecule has 2 rings (SSSR count). The largest absolute Gasteiger partial charge is 0.450 e. The number of hydrogen-bond acceptors (Lipinski definition) is 6. The van der Waals surface area contributed by atoms with Gasteiger partial charge in [0.1, 0.15) is 18.0 Å². The minimum Gasteiger partial charge on any atom is -0.450 e. The highest BCUT2D eigenvalue weighted by Gasteiger charge is 2.23. The predicted molar refractivity (Wildman–Crippen MR) is 86.1 cm³/mol. The number of likely N-dealkylation sites (tertiary alicyclic amines) is 1. The van der Waals surface area contributed by atoms with Crippen LogP contribution in [0.5, 0.6) is 0 Å². The van der Waals surface area contributed by atoms with Gasteiger partial charge in [0.25, 0.3) is 0 Å². The topological polar surface area (TPSA) is 79.4 Å². The summed E-state index contributed by atoms with van der Waals surface area (Å²) in [5.41, 5.74) is 0. The van der Waals surface area contributed by atoms with Crippen LogP contribution in [0.2, 0.25) is 0 Å². The minimum absolute atomic E-state index is 0.214. The van der Waals surface area contributed by atoms with E-state index in [9.17, 15) is 4.79 Å². The van der Waals surface area contributed by atoms with Crippen LogP contribution < -0.4 is 10.6 Å². The van der Waals surface area contributed by atoms with Gasteiger partial charge in [-0.3, -0.25) is 0 Å². The highest BCUT2D eigenvalue weighted by atomic mass is 16.6. The predicted octanol–water partition coefficient (Wildman–Crippen LogP) is 2.33. The van der Waals surface area contributed by atoms with Crippen molar-refractivity contribution in [2.45, 2.75) is 39.2 Å². The maximum absolute atomic E-state index is 11.7. The quantitative estimate of drug-likeness (QED) is 0.839. The van der Waals surface area contributed by atoms with Gasteiger partial charge in [-0.15, -0.1) is 0 Å². The maximum atomic E-state index is 11.7. The molecule has 2 heterocycles. The van der Waals surface area contributed by atoms with E-state index in [1.807, 2.05) is 13.0 Å². The van der Waals surface area contributed by atoms with Crippen molar-refractivity contribution in [1.82, 2.24) is 14.9 Å². The lowest BCUT2D eigenvalue weighted by atomic mass is 10.1. The fourth-order valence-corrected chi connectivity index (χ4v) is 2.42. The van der Waals surface area contributed by atoms with Gasteiger partial charge in [0.2, 0.25) is 0 Å². The number of anilines is 2. The van der Waals surface area contributed by atoms with Crippen LogP contribution in [0.15, 0.2) is 12.4 Å². The Kier molecular flexibility index (Phi) is 6.24. The van der Waals surface area contributed by atoms with E-state index in [0.717, 1.165) is 37.4 Å². The molecular formula is C15H25N5O2. The fourth-order valence-electron chi connectivity index (χ4n) is 2.42. The average Bonchev–Trinajstić information content (AvgIpc) is 2.54.